The molecule has 0 amide bonds. The van der Waals surface area contributed by atoms with Crippen molar-refractivity contribution in [2.75, 3.05) is 19.0 Å². The van der Waals surface area contributed by atoms with Gasteiger partial charge in [-0.05, 0) is 23.8 Å². The number of aromatic nitrogens is 2. The Kier molecular flexibility index (Phi) is 2.72. The molecule has 3 nitrogen and oxygen atoms in total. The smallest absolute Gasteiger partial charge is 0.0660 e. The molecule has 0 aliphatic heterocycles. The maximum atomic E-state index is 4.19. The van der Waals surface area contributed by atoms with E-state index in [2.05, 4.69) is 34.3 Å². The van der Waals surface area contributed by atoms with Crippen molar-refractivity contribution in [3.05, 3.63) is 48.3 Å². The van der Waals surface area contributed by atoms with E-state index in [4.69, 9.17) is 0 Å². The van der Waals surface area contributed by atoms with Gasteiger partial charge < -0.3 is 4.90 Å². The first-order chi connectivity index (χ1) is 7.25. The Morgan fingerprint density at radius 1 is 1.27 bits per heavy atom. The van der Waals surface area contributed by atoms with Crippen LogP contribution in [0.1, 0.15) is 5.56 Å². The minimum absolute atomic E-state index is 0.828. The summed E-state index contributed by atoms with van der Waals surface area (Å²) in [6, 6.07) is 10.4. The molecule has 2 aromatic rings. The second kappa shape index (κ2) is 4.17. The summed E-state index contributed by atoms with van der Waals surface area (Å²) >= 11 is 0. The lowest BCUT2D eigenvalue weighted by Crippen LogP contribution is -2.09. The van der Waals surface area contributed by atoms with Crippen LogP contribution in [0.5, 0.6) is 0 Å². The van der Waals surface area contributed by atoms with Crippen LogP contribution < -0.4 is 4.90 Å². The fraction of sp³-hybridized carbons (Fsp3) is 0.250. The fourth-order valence-corrected chi connectivity index (χ4v) is 1.51. The van der Waals surface area contributed by atoms with Gasteiger partial charge in [0.1, 0.15) is 0 Å². The van der Waals surface area contributed by atoms with Crippen LogP contribution in [0.25, 0.3) is 0 Å². The lowest BCUT2D eigenvalue weighted by atomic mass is 10.2. The molecule has 0 saturated carbocycles. The van der Waals surface area contributed by atoms with Crippen molar-refractivity contribution >= 4 is 5.69 Å². The van der Waals surface area contributed by atoms with Gasteiger partial charge in [0.05, 0.1) is 6.54 Å². The average molecular weight is 201 g/mol. The van der Waals surface area contributed by atoms with Crippen LogP contribution in [-0.4, -0.2) is 23.9 Å². The first-order valence-electron chi connectivity index (χ1n) is 4.99. The molecule has 2 rings (SSSR count). The monoisotopic (exact) mass is 201 g/mol. The van der Waals surface area contributed by atoms with E-state index < -0.39 is 0 Å². The van der Waals surface area contributed by atoms with Gasteiger partial charge in [-0.2, -0.15) is 5.10 Å². The Morgan fingerprint density at radius 3 is 2.80 bits per heavy atom. The molecule has 1 aromatic carbocycles. The van der Waals surface area contributed by atoms with E-state index in [0.29, 0.717) is 0 Å². The van der Waals surface area contributed by atoms with E-state index in [-0.39, 0.29) is 0 Å². The molecule has 0 aliphatic rings. The molecule has 1 aromatic heterocycles. The maximum absolute atomic E-state index is 4.19. The highest BCUT2D eigenvalue weighted by atomic mass is 15.3. The zero-order valence-electron chi connectivity index (χ0n) is 9.09. The van der Waals surface area contributed by atoms with Gasteiger partial charge in [0, 0.05) is 32.2 Å². The molecule has 0 bridgehead atoms. The van der Waals surface area contributed by atoms with Gasteiger partial charge in [0.2, 0.25) is 0 Å². The lowest BCUT2D eigenvalue weighted by molar-refractivity contribution is 0.687. The van der Waals surface area contributed by atoms with E-state index in [9.17, 15) is 0 Å². The highest BCUT2D eigenvalue weighted by Crippen LogP contribution is 2.13. The van der Waals surface area contributed by atoms with Crippen LogP contribution in [0.2, 0.25) is 0 Å². The van der Waals surface area contributed by atoms with Gasteiger partial charge >= 0.3 is 0 Å². The molecule has 0 aliphatic carbocycles. The number of benzene rings is 1. The Bertz CT molecular complexity index is 418. The van der Waals surface area contributed by atoms with Crippen molar-refractivity contribution in [3.63, 3.8) is 0 Å². The Hall–Kier alpha value is -1.77. The van der Waals surface area contributed by atoms with Crippen molar-refractivity contribution in [2.45, 2.75) is 6.54 Å². The molecule has 1 heterocycles. The van der Waals surface area contributed by atoms with E-state index in [1.54, 1.807) is 6.20 Å². The number of hydrogen-bond donors (Lipinski definition) is 0. The summed E-state index contributed by atoms with van der Waals surface area (Å²) in [5, 5.41) is 4.19. The molecule has 0 fully saturated rings. The molecular weight excluding hydrogens is 186 g/mol. The Balaban J connectivity index is 2.18. The molecule has 0 N–H and O–H groups in total. The molecule has 3 heteroatoms. The van der Waals surface area contributed by atoms with E-state index in [1.165, 1.54) is 11.3 Å². The predicted octanol–water partition coefficient (Wildman–Crippen LogP) is 2.00. The van der Waals surface area contributed by atoms with Crippen LogP contribution in [0.3, 0.4) is 0 Å². The summed E-state index contributed by atoms with van der Waals surface area (Å²) in [5.41, 5.74) is 2.49. The van der Waals surface area contributed by atoms with Crippen LogP contribution in [0.4, 0.5) is 5.69 Å². The van der Waals surface area contributed by atoms with Gasteiger partial charge in [0.15, 0.2) is 0 Å². The summed E-state index contributed by atoms with van der Waals surface area (Å²) in [5.74, 6) is 0. The largest absolute Gasteiger partial charge is 0.378 e. The maximum Gasteiger partial charge on any atom is 0.0660 e. The number of nitrogens with zero attached hydrogens (tertiary/aromatic N) is 3. The van der Waals surface area contributed by atoms with Crippen LogP contribution >= 0.6 is 0 Å². The quantitative estimate of drug-likeness (QED) is 0.757. The Labute approximate surface area is 90.0 Å². The first-order valence-corrected chi connectivity index (χ1v) is 4.99. The summed E-state index contributed by atoms with van der Waals surface area (Å²) in [7, 11) is 4.10. The summed E-state index contributed by atoms with van der Waals surface area (Å²) in [6.07, 6.45) is 3.78. The first kappa shape index (κ1) is 9.77. The van der Waals surface area contributed by atoms with Crippen molar-refractivity contribution in [2.24, 2.45) is 0 Å². The summed E-state index contributed by atoms with van der Waals surface area (Å²) in [4.78, 5) is 2.10. The average Bonchev–Trinajstić information content (AvgIpc) is 2.71. The zero-order chi connectivity index (χ0) is 10.7. The van der Waals surface area contributed by atoms with Crippen LogP contribution in [0, 0.1) is 0 Å². The Morgan fingerprint density at radius 2 is 2.13 bits per heavy atom. The second-order valence-electron chi connectivity index (χ2n) is 3.77. The molecule has 0 radical (unpaired) electrons. The van der Waals surface area contributed by atoms with Crippen molar-refractivity contribution in [1.29, 1.82) is 0 Å². The third-order valence-electron chi connectivity index (χ3n) is 2.33. The van der Waals surface area contributed by atoms with E-state index >= 15 is 0 Å². The standard InChI is InChI=1S/C12H15N3/c1-14(2)12-6-3-5-11(9-12)10-15-8-4-7-13-15/h3-9H,10H2,1-2H3. The minimum atomic E-state index is 0.828. The topological polar surface area (TPSA) is 21.1 Å². The molecule has 78 valence electrons. The van der Waals surface area contributed by atoms with E-state index in [1.807, 2.05) is 31.0 Å². The van der Waals surface area contributed by atoms with Crippen LogP contribution in [-0.2, 0) is 6.54 Å². The van der Waals surface area contributed by atoms with Crippen molar-refractivity contribution < 1.29 is 0 Å². The van der Waals surface area contributed by atoms with Gasteiger partial charge in [-0.1, -0.05) is 12.1 Å². The highest BCUT2D eigenvalue weighted by molar-refractivity contribution is 5.47. The molecule has 15 heavy (non-hydrogen) atoms. The number of hydrogen-bond acceptors (Lipinski definition) is 2. The SMILES string of the molecule is CN(C)c1cccc(Cn2cccn2)c1. The minimum Gasteiger partial charge on any atom is -0.378 e. The van der Waals surface area contributed by atoms with Gasteiger partial charge in [0.25, 0.3) is 0 Å². The van der Waals surface area contributed by atoms with E-state index in [0.717, 1.165) is 6.54 Å². The predicted molar refractivity (Wildman–Crippen MR) is 62.1 cm³/mol. The van der Waals surface area contributed by atoms with Crippen molar-refractivity contribution in [1.82, 2.24) is 9.78 Å². The summed E-state index contributed by atoms with van der Waals surface area (Å²) in [6.45, 7) is 0.828. The molecule has 0 spiro atoms. The molecule has 0 unspecified atom stereocenters. The lowest BCUT2D eigenvalue weighted by Gasteiger charge is -2.13. The summed E-state index contributed by atoms with van der Waals surface area (Å²) < 4.78 is 1.93. The fourth-order valence-electron chi connectivity index (χ4n) is 1.51. The molecular formula is C12H15N3. The third-order valence-corrected chi connectivity index (χ3v) is 2.33. The van der Waals surface area contributed by atoms with Gasteiger partial charge in [-0.25, -0.2) is 0 Å². The second-order valence-corrected chi connectivity index (χ2v) is 3.77. The normalized spacial score (nSPS) is 10.3. The molecule has 0 atom stereocenters. The zero-order valence-corrected chi connectivity index (χ0v) is 9.09. The third kappa shape index (κ3) is 2.37. The number of anilines is 1. The van der Waals surface area contributed by atoms with Gasteiger partial charge in [-0.15, -0.1) is 0 Å². The van der Waals surface area contributed by atoms with Crippen LogP contribution in [0.15, 0.2) is 42.7 Å². The number of rotatable bonds is 3. The highest BCUT2D eigenvalue weighted by Gasteiger charge is 1.98. The van der Waals surface area contributed by atoms with Gasteiger partial charge in [-0.3, -0.25) is 4.68 Å². The molecule has 0 saturated heterocycles. The van der Waals surface area contributed by atoms with Crippen molar-refractivity contribution in [3.8, 4) is 0 Å².